The smallest absolute Gasteiger partial charge is 0.335 e. The second-order valence-electron chi connectivity index (χ2n) is 6.19. The molecule has 1 atom stereocenters. The van der Waals surface area contributed by atoms with E-state index in [1.165, 1.54) is 28.8 Å². The second kappa shape index (κ2) is 5.49. The van der Waals surface area contributed by atoms with Gasteiger partial charge in [0, 0.05) is 17.2 Å². The monoisotopic (exact) mass is 327 g/mol. The molecule has 2 heterocycles. The predicted octanol–water partition coefficient (Wildman–Crippen LogP) is 3.80. The van der Waals surface area contributed by atoms with E-state index in [0.29, 0.717) is 6.42 Å². The Bertz CT molecular complexity index is 791. The van der Waals surface area contributed by atoms with Gasteiger partial charge in [0.1, 0.15) is 0 Å². The lowest BCUT2D eigenvalue weighted by atomic mass is 9.82. The van der Waals surface area contributed by atoms with Crippen molar-refractivity contribution in [2.45, 2.75) is 38.0 Å². The third-order valence-electron chi connectivity index (χ3n) is 4.76. The van der Waals surface area contributed by atoms with Crippen molar-refractivity contribution in [1.82, 2.24) is 0 Å². The molecule has 1 aliphatic heterocycles. The molecule has 23 heavy (non-hydrogen) atoms. The number of benzene rings is 1. The number of amides is 1. The number of rotatable bonds is 2. The topological polar surface area (TPSA) is 66.4 Å². The molecule has 0 unspecified atom stereocenters. The van der Waals surface area contributed by atoms with Crippen molar-refractivity contribution < 1.29 is 14.7 Å². The predicted molar refractivity (Wildman–Crippen MR) is 89.5 cm³/mol. The second-order valence-corrected chi connectivity index (χ2v) is 7.29. The maximum absolute atomic E-state index is 12.1. The summed E-state index contributed by atoms with van der Waals surface area (Å²) >= 11 is 1.72. The van der Waals surface area contributed by atoms with Gasteiger partial charge < -0.3 is 10.4 Å². The fourth-order valence-corrected chi connectivity index (χ4v) is 5.03. The van der Waals surface area contributed by atoms with Crippen LogP contribution in [0.15, 0.2) is 24.3 Å². The minimum absolute atomic E-state index is 0.0414. The Balaban J connectivity index is 1.79. The zero-order valence-electron chi connectivity index (χ0n) is 12.6. The molecule has 0 spiro atoms. The zero-order valence-corrected chi connectivity index (χ0v) is 13.4. The van der Waals surface area contributed by atoms with E-state index in [9.17, 15) is 9.59 Å². The lowest BCUT2D eigenvalue weighted by molar-refractivity contribution is -0.116. The number of aromatic carboxylic acids is 1. The molecule has 5 heteroatoms. The average Bonchev–Trinajstić information content (AvgIpc) is 2.92. The summed E-state index contributed by atoms with van der Waals surface area (Å²) in [6, 6.07) is 6.96. The highest BCUT2D eigenvalue weighted by Gasteiger charge is 2.33. The molecule has 2 aliphatic rings. The molecule has 0 bridgehead atoms. The van der Waals surface area contributed by atoms with Gasteiger partial charge in [-0.3, -0.25) is 4.79 Å². The van der Waals surface area contributed by atoms with Gasteiger partial charge in [0.15, 0.2) is 0 Å². The minimum Gasteiger partial charge on any atom is -0.478 e. The van der Waals surface area contributed by atoms with Crippen LogP contribution in [0.2, 0.25) is 0 Å². The van der Waals surface area contributed by atoms with Crippen molar-refractivity contribution in [3.63, 3.8) is 0 Å². The molecule has 0 saturated carbocycles. The normalized spacial score (nSPS) is 19.7. The molecule has 2 aromatic rings. The van der Waals surface area contributed by atoms with Crippen LogP contribution >= 0.6 is 11.3 Å². The van der Waals surface area contributed by atoms with E-state index in [2.05, 4.69) is 5.32 Å². The van der Waals surface area contributed by atoms with E-state index in [1.807, 2.05) is 12.1 Å². The summed E-state index contributed by atoms with van der Waals surface area (Å²) in [5.41, 5.74) is 4.00. The summed E-state index contributed by atoms with van der Waals surface area (Å²) < 4.78 is 0. The summed E-state index contributed by atoms with van der Waals surface area (Å²) in [6.07, 6.45) is 5.05. The van der Waals surface area contributed by atoms with Gasteiger partial charge in [-0.05, 0) is 54.5 Å². The van der Waals surface area contributed by atoms with Crippen molar-refractivity contribution in [2.75, 3.05) is 5.32 Å². The third-order valence-corrected chi connectivity index (χ3v) is 5.99. The number of nitrogens with one attached hydrogen (secondary N) is 1. The van der Waals surface area contributed by atoms with E-state index in [-0.39, 0.29) is 17.4 Å². The Morgan fingerprint density at radius 3 is 2.65 bits per heavy atom. The van der Waals surface area contributed by atoms with Gasteiger partial charge in [-0.25, -0.2) is 4.79 Å². The Kier molecular flexibility index (Phi) is 3.45. The van der Waals surface area contributed by atoms with Gasteiger partial charge in [-0.2, -0.15) is 0 Å². The van der Waals surface area contributed by atoms with E-state index in [0.717, 1.165) is 23.4 Å². The largest absolute Gasteiger partial charge is 0.478 e. The highest BCUT2D eigenvalue weighted by atomic mass is 32.1. The Labute approximate surface area is 138 Å². The van der Waals surface area contributed by atoms with Gasteiger partial charge in [-0.1, -0.05) is 12.1 Å². The maximum Gasteiger partial charge on any atom is 0.335 e. The molecule has 4 nitrogen and oxygen atoms in total. The SMILES string of the molecule is O=C1C[C@@H](c2ccc(C(=O)O)cc2)c2c(sc3c2CCCC3)N1. The molecule has 4 rings (SSSR count). The Hall–Kier alpha value is -2.14. The van der Waals surface area contributed by atoms with Crippen LogP contribution in [0.1, 0.15) is 57.1 Å². The van der Waals surface area contributed by atoms with Crippen LogP contribution in [0.3, 0.4) is 0 Å². The maximum atomic E-state index is 12.1. The van der Waals surface area contributed by atoms with Crippen molar-refractivity contribution >= 4 is 28.2 Å². The lowest BCUT2D eigenvalue weighted by Crippen LogP contribution is -2.23. The van der Waals surface area contributed by atoms with E-state index in [1.54, 1.807) is 23.5 Å². The highest BCUT2D eigenvalue weighted by Crippen LogP contribution is 2.47. The Morgan fingerprint density at radius 2 is 1.91 bits per heavy atom. The van der Waals surface area contributed by atoms with Crippen LogP contribution in [-0.2, 0) is 17.6 Å². The summed E-state index contributed by atoms with van der Waals surface area (Å²) in [6.45, 7) is 0. The molecular formula is C18H17NO3S. The fraction of sp³-hybridized carbons (Fsp3) is 0.333. The summed E-state index contributed by atoms with van der Waals surface area (Å²) in [5.74, 6) is -0.838. The van der Waals surface area contributed by atoms with Gasteiger partial charge >= 0.3 is 5.97 Å². The van der Waals surface area contributed by atoms with Crippen LogP contribution in [0.4, 0.5) is 5.00 Å². The first kappa shape index (κ1) is 14.5. The number of carbonyl (C=O) groups excluding carboxylic acids is 1. The number of carboxylic acids is 1. The number of anilines is 1. The van der Waals surface area contributed by atoms with Crippen LogP contribution in [0.25, 0.3) is 0 Å². The fourth-order valence-electron chi connectivity index (χ4n) is 3.66. The number of carbonyl (C=O) groups is 2. The number of hydrogen-bond acceptors (Lipinski definition) is 3. The standard InChI is InChI=1S/C18H17NO3S/c20-15-9-13(10-5-7-11(8-6-10)18(21)22)16-12-3-1-2-4-14(12)23-17(16)19-15/h5-8,13H,1-4,9H2,(H,19,20)(H,21,22)/t13-/m0/s1. The van der Waals surface area contributed by atoms with Crippen LogP contribution < -0.4 is 5.32 Å². The number of hydrogen-bond donors (Lipinski definition) is 2. The molecule has 2 N–H and O–H groups in total. The lowest BCUT2D eigenvalue weighted by Gasteiger charge is -2.25. The molecule has 0 fully saturated rings. The number of aryl methyl sites for hydroxylation is 1. The first-order valence-corrected chi connectivity index (χ1v) is 8.72. The van der Waals surface area contributed by atoms with Gasteiger partial charge in [0.2, 0.25) is 5.91 Å². The first-order chi connectivity index (χ1) is 11.1. The number of fused-ring (bicyclic) bond motifs is 3. The average molecular weight is 327 g/mol. The van der Waals surface area contributed by atoms with E-state index in [4.69, 9.17) is 5.11 Å². The summed E-state index contributed by atoms with van der Waals surface area (Å²) in [4.78, 5) is 24.5. The van der Waals surface area contributed by atoms with Crippen molar-refractivity contribution in [3.8, 4) is 0 Å². The summed E-state index contributed by atoms with van der Waals surface area (Å²) in [7, 11) is 0. The van der Waals surface area contributed by atoms with Gasteiger partial charge in [-0.15, -0.1) is 11.3 Å². The Morgan fingerprint density at radius 1 is 1.17 bits per heavy atom. The third kappa shape index (κ3) is 2.45. The van der Waals surface area contributed by atoms with Crippen molar-refractivity contribution in [1.29, 1.82) is 0 Å². The number of carboxylic acid groups (broad SMARTS) is 1. The van der Waals surface area contributed by atoms with Crippen molar-refractivity contribution in [3.05, 3.63) is 51.4 Å². The molecule has 1 aliphatic carbocycles. The molecule has 1 amide bonds. The molecule has 118 valence electrons. The van der Waals surface area contributed by atoms with Gasteiger partial charge in [0.05, 0.1) is 10.6 Å². The molecular weight excluding hydrogens is 310 g/mol. The molecule has 1 aromatic carbocycles. The van der Waals surface area contributed by atoms with Crippen LogP contribution in [0, 0.1) is 0 Å². The number of thiophene rings is 1. The molecule has 0 saturated heterocycles. The zero-order chi connectivity index (χ0) is 16.0. The van der Waals surface area contributed by atoms with E-state index >= 15 is 0 Å². The van der Waals surface area contributed by atoms with Gasteiger partial charge in [0.25, 0.3) is 0 Å². The highest BCUT2D eigenvalue weighted by molar-refractivity contribution is 7.16. The molecule has 0 radical (unpaired) electrons. The summed E-state index contributed by atoms with van der Waals surface area (Å²) in [5, 5.41) is 13.1. The van der Waals surface area contributed by atoms with Crippen molar-refractivity contribution in [2.24, 2.45) is 0 Å². The molecule has 1 aromatic heterocycles. The van der Waals surface area contributed by atoms with Crippen LogP contribution in [-0.4, -0.2) is 17.0 Å². The van der Waals surface area contributed by atoms with E-state index < -0.39 is 5.97 Å². The quantitative estimate of drug-likeness (QED) is 0.881. The first-order valence-electron chi connectivity index (χ1n) is 7.91. The van der Waals surface area contributed by atoms with Crippen LogP contribution in [0.5, 0.6) is 0 Å². The minimum atomic E-state index is -0.925.